The van der Waals surface area contributed by atoms with Gasteiger partial charge in [-0.1, -0.05) is 6.07 Å². The average molecular weight is 347 g/mol. The van der Waals surface area contributed by atoms with Gasteiger partial charge in [-0.3, -0.25) is 9.59 Å². The number of thiophene rings is 1. The van der Waals surface area contributed by atoms with Gasteiger partial charge in [-0.25, -0.2) is 0 Å². The maximum absolute atomic E-state index is 12.2. The first-order valence-electron chi connectivity index (χ1n) is 7.52. The highest BCUT2D eigenvalue weighted by atomic mass is 32.1. The minimum absolute atomic E-state index is 0.0895. The monoisotopic (exact) mass is 347 g/mol. The molecule has 0 aliphatic carbocycles. The number of nitrogens with one attached hydrogen (secondary N) is 3. The molecule has 1 aromatic heterocycles. The first-order chi connectivity index (χ1) is 11.5. The van der Waals surface area contributed by atoms with Gasteiger partial charge in [0.2, 0.25) is 11.8 Å². The molecule has 7 heteroatoms. The third kappa shape index (κ3) is 4.99. The summed E-state index contributed by atoms with van der Waals surface area (Å²) in [6.07, 6.45) is 0. The number of methoxy groups -OCH3 is 1. The number of benzene rings is 1. The van der Waals surface area contributed by atoms with Crippen LogP contribution in [0.15, 0.2) is 35.7 Å². The lowest BCUT2D eigenvalue weighted by atomic mass is 10.2. The number of amides is 2. The lowest BCUT2D eigenvalue weighted by Crippen LogP contribution is -2.37. The van der Waals surface area contributed by atoms with Gasteiger partial charge in [-0.05, 0) is 30.5 Å². The first-order valence-corrected chi connectivity index (χ1v) is 8.40. The Morgan fingerprint density at radius 1 is 1.29 bits per heavy atom. The molecule has 0 bridgehead atoms. The molecule has 2 aromatic rings. The molecule has 0 radical (unpaired) electrons. The summed E-state index contributed by atoms with van der Waals surface area (Å²) in [5, 5.41) is 10.7. The van der Waals surface area contributed by atoms with Crippen LogP contribution in [0.4, 0.5) is 11.4 Å². The largest absolute Gasteiger partial charge is 0.494 e. The van der Waals surface area contributed by atoms with Gasteiger partial charge in [0.15, 0.2) is 0 Å². The van der Waals surface area contributed by atoms with Gasteiger partial charge in [-0.15, -0.1) is 11.3 Å². The second-order valence-corrected chi connectivity index (χ2v) is 6.29. The Hall–Kier alpha value is -2.54. The van der Waals surface area contributed by atoms with E-state index in [0.29, 0.717) is 18.0 Å². The first kappa shape index (κ1) is 17.8. The van der Waals surface area contributed by atoms with Crippen LogP contribution >= 0.6 is 11.3 Å². The Morgan fingerprint density at radius 3 is 2.71 bits per heavy atom. The van der Waals surface area contributed by atoms with Crippen molar-refractivity contribution in [2.24, 2.45) is 0 Å². The van der Waals surface area contributed by atoms with Crippen LogP contribution in [-0.2, 0) is 16.1 Å². The number of carbonyl (C=O) groups excluding carboxylic acids is 2. The van der Waals surface area contributed by atoms with Crippen LogP contribution in [0.2, 0.25) is 0 Å². The van der Waals surface area contributed by atoms with E-state index < -0.39 is 6.04 Å². The van der Waals surface area contributed by atoms with Crippen LogP contribution < -0.4 is 20.7 Å². The van der Waals surface area contributed by atoms with Crippen molar-refractivity contribution in [3.8, 4) is 5.75 Å². The van der Waals surface area contributed by atoms with Crippen LogP contribution in [-0.4, -0.2) is 25.0 Å². The molecule has 6 nitrogen and oxygen atoms in total. The normalized spacial score (nSPS) is 11.5. The fourth-order valence-electron chi connectivity index (χ4n) is 2.13. The predicted octanol–water partition coefficient (Wildman–Crippen LogP) is 2.83. The second-order valence-electron chi connectivity index (χ2n) is 5.26. The zero-order valence-corrected chi connectivity index (χ0v) is 14.7. The number of carbonyl (C=O) groups is 2. The number of ether oxygens (including phenoxy) is 1. The molecule has 0 saturated heterocycles. The molecule has 0 saturated carbocycles. The topological polar surface area (TPSA) is 79.5 Å². The smallest absolute Gasteiger partial charge is 0.242 e. The lowest BCUT2D eigenvalue weighted by molar-refractivity contribution is -0.121. The SMILES string of the molecule is COc1cc(NC(C)C(=O)NCc2cccs2)ccc1NC(C)=O. The molecule has 1 heterocycles. The third-order valence-corrected chi connectivity index (χ3v) is 4.18. The molecule has 24 heavy (non-hydrogen) atoms. The Morgan fingerprint density at radius 2 is 2.08 bits per heavy atom. The van der Waals surface area contributed by atoms with Crippen LogP contribution in [0.25, 0.3) is 0 Å². The van der Waals surface area contributed by atoms with Crippen molar-refractivity contribution in [1.82, 2.24) is 5.32 Å². The van der Waals surface area contributed by atoms with Crippen molar-refractivity contribution in [3.63, 3.8) is 0 Å². The maximum Gasteiger partial charge on any atom is 0.242 e. The summed E-state index contributed by atoms with van der Waals surface area (Å²) in [7, 11) is 1.53. The second kappa shape index (κ2) is 8.35. The fraction of sp³-hybridized carbons (Fsp3) is 0.294. The minimum Gasteiger partial charge on any atom is -0.494 e. The summed E-state index contributed by atoms with van der Waals surface area (Å²) in [4.78, 5) is 24.4. The summed E-state index contributed by atoms with van der Waals surface area (Å²) >= 11 is 1.61. The molecule has 128 valence electrons. The highest BCUT2D eigenvalue weighted by Gasteiger charge is 2.14. The number of anilines is 2. The molecule has 0 aliphatic rings. The van der Waals surface area contributed by atoms with Crippen LogP contribution in [0.3, 0.4) is 0 Å². The van der Waals surface area contributed by atoms with Gasteiger partial charge < -0.3 is 20.7 Å². The summed E-state index contributed by atoms with van der Waals surface area (Å²) in [5.74, 6) is 0.269. The van der Waals surface area contributed by atoms with Crippen LogP contribution in [0, 0.1) is 0 Å². The van der Waals surface area contributed by atoms with E-state index in [4.69, 9.17) is 4.74 Å². The van der Waals surface area contributed by atoms with E-state index in [0.717, 1.165) is 10.6 Å². The number of hydrogen-bond acceptors (Lipinski definition) is 5. The van der Waals surface area contributed by atoms with E-state index in [1.807, 2.05) is 17.5 Å². The summed E-state index contributed by atoms with van der Waals surface area (Å²) < 4.78 is 5.27. The standard InChI is InChI=1S/C17H21N3O3S/c1-11(17(22)18-10-14-5-4-8-24-14)19-13-6-7-15(20-12(2)21)16(9-13)23-3/h4-9,11,19H,10H2,1-3H3,(H,18,22)(H,20,21). The van der Waals surface area contributed by atoms with Crippen LogP contribution in [0.5, 0.6) is 5.75 Å². The summed E-state index contributed by atoms with van der Waals surface area (Å²) in [5.41, 5.74) is 1.32. The third-order valence-electron chi connectivity index (χ3n) is 3.31. The van der Waals surface area contributed by atoms with Crippen molar-refractivity contribution in [2.45, 2.75) is 26.4 Å². The fourth-order valence-corrected chi connectivity index (χ4v) is 2.77. The van der Waals surface area contributed by atoms with Gasteiger partial charge in [0, 0.05) is 23.6 Å². The van der Waals surface area contributed by atoms with Crippen molar-refractivity contribution >= 4 is 34.5 Å². The highest BCUT2D eigenvalue weighted by Crippen LogP contribution is 2.28. The molecule has 0 aliphatic heterocycles. The molecule has 0 spiro atoms. The molecular weight excluding hydrogens is 326 g/mol. The van der Waals surface area contributed by atoms with E-state index >= 15 is 0 Å². The van der Waals surface area contributed by atoms with Crippen molar-refractivity contribution in [3.05, 3.63) is 40.6 Å². The lowest BCUT2D eigenvalue weighted by Gasteiger charge is -2.17. The molecule has 1 atom stereocenters. The molecule has 2 rings (SSSR count). The van der Waals surface area contributed by atoms with Crippen molar-refractivity contribution < 1.29 is 14.3 Å². The van der Waals surface area contributed by atoms with Gasteiger partial charge in [0.1, 0.15) is 11.8 Å². The molecule has 0 fully saturated rings. The Labute approximate surface area is 145 Å². The van der Waals surface area contributed by atoms with Gasteiger partial charge in [0.05, 0.1) is 19.3 Å². The van der Waals surface area contributed by atoms with Crippen LogP contribution in [0.1, 0.15) is 18.7 Å². The number of hydrogen-bond donors (Lipinski definition) is 3. The summed E-state index contributed by atoms with van der Waals surface area (Å²) in [6.45, 7) is 3.75. The minimum atomic E-state index is -0.402. The maximum atomic E-state index is 12.2. The molecule has 3 N–H and O–H groups in total. The van der Waals surface area contributed by atoms with Crippen molar-refractivity contribution in [2.75, 3.05) is 17.7 Å². The average Bonchev–Trinajstić information content (AvgIpc) is 3.06. The zero-order valence-electron chi connectivity index (χ0n) is 13.9. The van der Waals surface area contributed by atoms with Gasteiger partial charge in [-0.2, -0.15) is 0 Å². The Balaban J connectivity index is 1.96. The molecule has 1 unspecified atom stereocenters. The predicted molar refractivity (Wildman–Crippen MR) is 96.5 cm³/mol. The zero-order chi connectivity index (χ0) is 17.5. The van der Waals surface area contributed by atoms with Gasteiger partial charge in [0.25, 0.3) is 0 Å². The van der Waals surface area contributed by atoms with E-state index in [-0.39, 0.29) is 11.8 Å². The van der Waals surface area contributed by atoms with E-state index in [9.17, 15) is 9.59 Å². The molecular formula is C17H21N3O3S. The quantitative estimate of drug-likeness (QED) is 0.719. The molecule has 1 aromatic carbocycles. The molecule has 2 amide bonds. The summed E-state index contributed by atoms with van der Waals surface area (Å²) in [6, 6.07) is 8.80. The van der Waals surface area contributed by atoms with E-state index in [2.05, 4.69) is 16.0 Å². The Kier molecular flexibility index (Phi) is 6.20. The van der Waals surface area contributed by atoms with Crippen molar-refractivity contribution in [1.29, 1.82) is 0 Å². The van der Waals surface area contributed by atoms with E-state index in [1.165, 1.54) is 14.0 Å². The van der Waals surface area contributed by atoms with E-state index in [1.54, 1.807) is 36.5 Å². The number of rotatable bonds is 7. The van der Waals surface area contributed by atoms with Gasteiger partial charge >= 0.3 is 0 Å². The highest BCUT2D eigenvalue weighted by molar-refractivity contribution is 7.09. The Bertz CT molecular complexity index is 701.